The zero-order valence-electron chi connectivity index (χ0n) is 19.2. The summed E-state index contributed by atoms with van der Waals surface area (Å²) in [6.07, 6.45) is -1.47. The Kier molecular flexibility index (Phi) is 5.83. The van der Waals surface area contributed by atoms with Gasteiger partial charge in [-0.3, -0.25) is 25.0 Å². The van der Waals surface area contributed by atoms with Gasteiger partial charge in [-0.25, -0.2) is 4.98 Å². The zero-order chi connectivity index (χ0) is 24.9. The first-order valence-electron chi connectivity index (χ1n) is 10.9. The molecule has 14 nitrogen and oxygen atoms in total. The molecule has 2 amide bonds. The van der Waals surface area contributed by atoms with Crippen molar-refractivity contribution in [3.8, 4) is 0 Å². The lowest BCUT2D eigenvalue weighted by molar-refractivity contribution is -0.197. The lowest BCUT2D eigenvalue weighted by atomic mass is 10.1. The van der Waals surface area contributed by atoms with E-state index in [1.807, 2.05) is 6.92 Å². The van der Waals surface area contributed by atoms with Gasteiger partial charge in [-0.05, 0) is 39.3 Å². The van der Waals surface area contributed by atoms with Crippen molar-refractivity contribution in [3.05, 3.63) is 29.1 Å². The highest BCUT2D eigenvalue weighted by Gasteiger charge is 2.58. The number of nitrogens with one attached hydrogen (secondary N) is 3. The minimum atomic E-state index is -0.915. The van der Waals surface area contributed by atoms with Gasteiger partial charge in [0.2, 0.25) is 5.28 Å². The Morgan fingerprint density at radius 2 is 2.00 bits per heavy atom. The number of ether oxygens (including phenoxy) is 3. The van der Waals surface area contributed by atoms with Crippen molar-refractivity contribution in [1.82, 2.24) is 35.4 Å². The van der Waals surface area contributed by atoms with Gasteiger partial charge in [0, 0.05) is 12.6 Å². The van der Waals surface area contributed by atoms with Crippen molar-refractivity contribution >= 4 is 40.4 Å². The predicted octanol–water partition coefficient (Wildman–Crippen LogP) is 1.09. The van der Waals surface area contributed by atoms with Crippen LogP contribution in [0.3, 0.4) is 0 Å². The van der Waals surface area contributed by atoms with Crippen molar-refractivity contribution in [1.29, 1.82) is 0 Å². The standard InChI is InChI=1S/C20H23ClN8O6/c1-5-22-17(31)12-11-13(34-20(3,4)33-11)18(32-12)29-7-23-10-14(24-19(21)25-15(10)29)26-27-16(30)9-6-8(2)35-28-9/h6-7,11-13,18H,5H2,1-4H3,(H,22,31)(H,27,30)(H,24,25,26)/t11-,12+,13-,18-/m1/s1. The third-order valence-electron chi connectivity index (χ3n) is 5.46. The van der Waals surface area contributed by atoms with E-state index in [4.69, 9.17) is 30.3 Å². The summed E-state index contributed by atoms with van der Waals surface area (Å²) in [7, 11) is 0. The highest BCUT2D eigenvalue weighted by molar-refractivity contribution is 6.28. The molecule has 0 aromatic carbocycles. The van der Waals surface area contributed by atoms with Crippen LogP contribution in [0.25, 0.3) is 11.2 Å². The SMILES string of the molecule is CCNC(=O)[C@H]1O[C@@H](n2cnc3c(NNC(=O)c4cc(C)on4)nc(Cl)nc32)[C@@H]2OC(C)(C)O[C@@H]21. The van der Waals surface area contributed by atoms with Crippen molar-refractivity contribution in [3.63, 3.8) is 0 Å². The van der Waals surface area contributed by atoms with Crippen molar-refractivity contribution < 1.29 is 28.3 Å². The van der Waals surface area contributed by atoms with Crippen LogP contribution in [-0.2, 0) is 19.0 Å². The van der Waals surface area contributed by atoms with E-state index in [0.29, 0.717) is 23.5 Å². The highest BCUT2D eigenvalue weighted by Crippen LogP contribution is 2.44. The minimum Gasteiger partial charge on any atom is -0.361 e. The Bertz CT molecular complexity index is 1290. The first-order valence-corrected chi connectivity index (χ1v) is 11.2. The summed E-state index contributed by atoms with van der Waals surface area (Å²) in [5, 5.41) is 6.31. The molecule has 5 heterocycles. The minimum absolute atomic E-state index is 0.0831. The monoisotopic (exact) mass is 506 g/mol. The summed E-state index contributed by atoms with van der Waals surface area (Å²) in [6, 6.07) is 1.48. The molecule has 0 bridgehead atoms. The van der Waals surface area contributed by atoms with E-state index in [0.717, 1.165) is 0 Å². The second-order valence-electron chi connectivity index (χ2n) is 8.47. The fraction of sp³-hybridized carbons (Fsp3) is 0.500. The molecule has 186 valence electrons. The number of hydrogen-bond donors (Lipinski definition) is 3. The third kappa shape index (κ3) is 4.29. The lowest BCUT2D eigenvalue weighted by Crippen LogP contribution is -2.42. The summed E-state index contributed by atoms with van der Waals surface area (Å²) < 4.78 is 24.6. The van der Waals surface area contributed by atoms with Crippen molar-refractivity contribution in [2.75, 3.05) is 12.0 Å². The smallest absolute Gasteiger partial charge is 0.291 e. The number of anilines is 1. The molecule has 3 aromatic rings. The maximum absolute atomic E-state index is 12.6. The number of imidazole rings is 1. The Labute approximate surface area is 203 Å². The summed E-state index contributed by atoms with van der Waals surface area (Å²) in [6.45, 7) is 7.46. The molecule has 0 spiro atoms. The first-order chi connectivity index (χ1) is 16.7. The summed E-state index contributed by atoms with van der Waals surface area (Å²) in [4.78, 5) is 37.7. The normalized spacial score (nSPS) is 24.9. The van der Waals surface area contributed by atoms with Gasteiger partial charge in [-0.2, -0.15) is 9.97 Å². The fourth-order valence-electron chi connectivity index (χ4n) is 4.10. The van der Waals surface area contributed by atoms with Crippen LogP contribution in [0.4, 0.5) is 5.82 Å². The van der Waals surface area contributed by atoms with Gasteiger partial charge in [0.1, 0.15) is 18.0 Å². The van der Waals surface area contributed by atoms with Crippen LogP contribution >= 0.6 is 11.6 Å². The fourth-order valence-corrected chi connectivity index (χ4v) is 4.27. The topological polar surface area (TPSA) is 168 Å². The average molecular weight is 507 g/mol. The number of likely N-dealkylation sites (N-methyl/N-ethyl adjacent to an activating group) is 1. The highest BCUT2D eigenvalue weighted by atomic mass is 35.5. The Morgan fingerprint density at radius 1 is 1.23 bits per heavy atom. The number of amides is 2. The van der Waals surface area contributed by atoms with Gasteiger partial charge < -0.3 is 24.1 Å². The van der Waals surface area contributed by atoms with Crippen LogP contribution in [0.15, 0.2) is 16.9 Å². The van der Waals surface area contributed by atoms with Gasteiger partial charge in [-0.15, -0.1) is 0 Å². The van der Waals surface area contributed by atoms with Crippen LogP contribution in [0.1, 0.15) is 43.2 Å². The van der Waals surface area contributed by atoms with E-state index in [2.05, 4.69) is 36.3 Å². The average Bonchev–Trinajstić information content (AvgIpc) is 3.54. The summed E-state index contributed by atoms with van der Waals surface area (Å²) >= 11 is 6.17. The van der Waals surface area contributed by atoms with Crippen LogP contribution in [0.5, 0.6) is 0 Å². The first kappa shape index (κ1) is 23.4. The molecule has 2 saturated heterocycles. The lowest BCUT2D eigenvalue weighted by Gasteiger charge is -2.24. The molecular formula is C20H23ClN8O6. The molecular weight excluding hydrogens is 484 g/mol. The molecule has 2 aliphatic rings. The molecule has 2 fully saturated rings. The second kappa shape index (κ2) is 8.71. The Hall–Kier alpha value is -3.33. The molecule has 2 aliphatic heterocycles. The molecule has 0 radical (unpaired) electrons. The van der Waals surface area contributed by atoms with Crippen LogP contribution in [-0.4, -0.2) is 67.1 Å². The van der Waals surface area contributed by atoms with E-state index < -0.39 is 36.2 Å². The van der Waals surface area contributed by atoms with Crippen molar-refractivity contribution in [2.45, 2.75) is 58.0 Å². The Morgan fingerprint density at radius 3 is 2.71 bits per heavy atom. The van der Waals surface area contributed by atoms with E-state index in [1.54, 1.807) is 25.3 Å². The number of carbonyl (C=O) groups is 2. The van der Waals surface area contributed by atoms with Gasteiger partial charge in [0.25, 0.3) is 11.8 Å². The third-order valence-corrected chi connectivity index (χ3v) is 5.63. The maximum Gasteiger partial charge on any atom is 0.291 e. The van der Waals surface area contributed by atoms with Crippen molar-refractivity contribution in [2.24, 2.45) is 0 Å². The molecule has 0 aliphatic carbocycles. The zero-order valence-corrected chi connectivity index (χ0v) is 20.0. The predicted molar refractivity (Wildman–Crippen MR) is 119 cm³/mol. The molecule has 0 unspecified atom stereocenters. The molecule has 4 atom stereocenters. The molecule has 3 aromatic heterocycles. The molecule has 0 saturated carbocycles. The number of hydrazine groups is 1. The number of aromatic nitrogens is 5. The second-order valence-corrected chi connectivity index (χ2v) is 8.81. The summed E-state index contributed by atoms with van der Waals surface area (Å²) in [5.74, 6) is -1.14. The number of halogens is 1. The molecule has 3 N–H and O–H groups in total. The number of rotatable bonds is 6. The van der Waals surface area contributed by atoms with E-state index in [-0.39, 0.29) is 22.7 Å². The molecule has 35 heavy (non-hydrogen) atoms. The number of fused-ring (bicyclic) bond motifs is 2. The van der Waals surface area contributed by atoms with E-state index in [9.17, 15) is 9.59 Å². The molecule has 15 heteroatoms. The van der Waals surface area contributed by atoms with E-state index in [1.165, 1.54) is 12.4 Å². The number of nitrogens with zero attached hydrogens (tertiary/aromatic N) is 5. The largest absolute Gasteiger partial charge is 0.361 e. The van der Waals surface area contributed by atoms with Gasteiger partial charge in [-0.1, -0.05) is 5.16 Å². The van der Waals surface area contributed by atoms with E-state index >= 15 is 0 Å². The van der Waals surface area contributed by atoms with Crippen LogP contribution in [0, 0.1) is 6.92 Å². The maximum atomic E-state index is 12.6. The molecule has 5 rings (SSSR count). The number of aryl methyl sites for hydroxylation is 1. The van der Waals surface area contributed by atoms with Crippen LogP contribution < -0.4 is 16.2 Å². The van der Waals surface area contributed by atoms with Gasteiger partial charge in [0.05, 0.1) is 6.33 Å². The Balaban J connectivity index is 1.44. The number of hydrogen-bond acceptors (Lipinski definition) is 11. The van der Waals surface area contributed by atoms with Gasteiger partial charge in [0.15, 0.2) is 40.8 Å². The number of carbonyl (C=O) groups excluding carboxylic acids is 2. The summed E-state index contributed by atoms with van der Waals surface area (Å²) in [5.41, 5.74) is 5.84. The van der Waals surface area contributed by atoms with Crippen LogP contribution in [0.2, 0.25) is 5.28 Å². The quantitative estimate of drug-likeness (QED) is 0.323. The van der Waals surface area contributed by atoms with Gasteiger partial charge >= 0.3 is 0 Å².